The van der Waals surface area contributed by atoms with Crippen molar-refractivity contribution in [3.63, 3.8) is 0 Å². The molecule has 2 aromatic rings. The first-order chi connectivity index (χ1) is 8.85. The number of anilines is 2. The normalized spacial score (nSPS) is 10.1. The van der Waals surface area contributed by atoms with E-state index in [0.717, 1.165) is 12.2 Å². The summed E-state index contributed by atoms with van der Waals surface area (Å²) in [7, 11) is 3.38. The van der Waals surface area contributed by atoms with Crippen LogP contribution in [0.5, 0.6) is 5.75 Å². The molecule has 0 atom stereocenters. The summed E-state index contributed by atoms with van der Waals surface area (Å²) in [6.45, 7) is 0.712. The van der Waals surface area contributed by atoms with Gasteiger partial charge in [0.25, 0.3) is 0 Å². The molecule has 2 aromatic heterocycles. The SMILES string of the molecule is CNc1ncnc(NCCc2ccco2)c1OC. The number of furan rings is 1. The number of rotatable bonds is 6. The molecule has 6 heteroatoms. The van der Waals surface area contributed by atoms with Crippen molar-refractivity contribution >= 4 is 11.6 Å². The van der Waals surface area contributed by atoms with Gasteiger partial charge in [-0.1, -0.05) is 0 Å². The molecule has 0 aliphatic carbocycles. The van der Waals surface area contributed by atoms with Crippen molar-refractivity contribution < 1.29 is 9.15 Å². The van der Waals surface area contributed by atoms with Gasteiger partial charge in [-0.15, -0.1) is 0 Å². The maximum Gasteiger partial charge on any atom is 0.204 e. The van der Waals surface area contributed by atoms with Crippen molar-refractivity contribution in [1.82, 2.24) is 9.97 Å². The van der Waals surface area contributed by atoms with Gasteiger partial charge in [-0.25, -0.2) is 9.97 Å². The predicted octanol–water partition coefficient (Wildman–Crippen LogP) is 1.77. The van der Waals surface area contributed by atoms with Crippen LogP contribution in [0.3, 0.4) is 0 Å². The lowest BCUT2D eigenvalue weighted by atomic mass is 10.3. The molecule has 0 fully saturated rings. The Balaban J connectivity index is 2.00. The summed E-state index contributed by atoms with van der Waals surface area (Å²) in [5.74, 6) is 2.88. The number of nitrogens with one attached hydrogen (secondary N) is 2. The van der Waals surface area contributed by atoms with E-state index in [9.17, 15) is 0 Å². The summed E-state index contributed by atoms with van der Waals surface area (Å²) in [6, 6.07) is 3.82. The smallest absolute Gasteiger partial charge is 0.204 e. The highest BCUT2D eigenvalue weighted by atomic mass is 16.5. The molecule has 0 saturated heterocycles. The molecule has 0 radical (unpaired) electrons. The second-order valence-corrected chi connectivity index (χ2v) is 3.61. The van der Waals surface area contributed by atoms with Crippen molar-refractivity contribution in [3.05, 3.63) is 30.5 Å². The number of hydrogen-bond acceptors (Lipinski definition) is 6. The van der Waals surface area contributed by atoms with Crippen LogP contribution in [0.4, 0.5) is 11.6 Å². The first kappa shape index (κ1) is 12.2. The van der Waals surface area contributed by atoms with Crippen LogP contribution in [0.15, 0.2) is 29.1 Å². The molecular formula is C12H16N4O2. The molecule has 0 unspecified atom stereocenters. The summed E-state index contributed by atoms with van der Waals surface area (Å²) in [6.07, 6.45) is 3.94. The third-order valence-corrected chi connectivity index (χ3v) is 2.49. The van der Waals surface area contributed by atoms with E-state index in [4.69, 9.17) is 9.15 Å². The van der Waals surface area contributed by atoms with Crippen molar-refractivity contribution in [2.45, 2.75) is 6.42 Å². The molecule has 0 aliphatic rings. The van der Waals surface area contributed by atoms with E-state index < -0.39 is 0 Å². The van der Waals surface area contributed by atoms with Crippen molar-refractivity contribution in [2.24, 2.45) is 0 Å². The van der Waals surface area contributed by atoms with Crippen molar-refractivity contribution in [1.29, 1.82) is 0 Å². The number of aromatic nitrogens is 2. The van der Waals surface area contributed by atoms with Crippen molar-refractivity contribution in [2.75, 3.05) is 31.3 Å². The zero-order valence-electron chi connectivity index (χ0n) is 10.4. The Hall–Kier alpha value is -2.24. The van der Waals surface area contributed by atoms with Gasteiger partial charge in [0.05, 0.1) is 13.4 Å². The largest absolute Gasteiger partial charge is 0.490 e. The first-order valence-electron chi connectivity index (χ1n) is 5.68. The minimum atomic E-state index is 0.611. The highest BCUT2D eigenvalue weighted by Crippen LogP contribution is 2.28. The standard InChI is InChI=1S/C12H16N4O2/c1-13-11-10(17-2)12(16-8-15-11)14-6-5-9-4-3-7-18-9/h3-4,7-8H,5-6H2,1-2H3,(H2,13,14,15,16). The molecule has 0 aliphatic heterocycles. The Labute approximate surface area is 105 Å². The molecule has 2 rings (SSSR count). The minimum absolute atomic E-state index is 0.611. The van der Waals surface area contributed by atoms with Gasteiger partial charge in [0.15, 0.2) is 11.6 Å². The minimum Gasteiger partial charge on any atom is -0.490 e. The van der Waals surface area contributed by atoms with E-state index >= 15 is 0 Å². The monoisotopic (exact) mass is 248 g/mol. The summed E-state index contributed by atoms with van der Waals surface area (Å²) >= 11 is 0. The van der Waals surface area contributed by atoms with Gasteiger partial charge >= 0.3 is 0 Å². The third-order valence-electron chi connectivity index (χ3n) is 2.49. The molecule has 2 N–H and O–H groups in total. The van der Waals surface area contributed by atoms with Gasteiger partial charge in [0, 0.05) is 20.0 Å². The average Bonchev–Trinajstić information content (AvgIpc) is 2.91. The Bertz CT molecular complexity index is 485. The summed E-state index contributed by atoms with van der Waals surface area (Å²) in [5, 5.41) is 6.16. The lowest BCUT2D eigenvalue weighted by Crippen LogP contribution is -2.09. The Morgan fingerprint density at radius 3 is 2.83 bits per heavy atom. The molecule has 6 nitrogen and oxygen atoms in total. The quantitative estimate of drug-likeness (QED) is 0.811. The van der Waals surface area contributed by atoms with Gasteiger partial charge < -0.3 is 19.8 Å². The molecule has 0 bridgehead atoms. The van der Waals surface area contributed by atoms with Gasteiger partial charge in [-0.05, 0) is 12.1 Å². The van der Waals surface area contributed by atoms with Gasteiger partial charge in [0.1, 0.15) is 12.1 Å². The predicted molar refractivity (Wildman–Crippen MR) is 69.0 cm³/mol. The lowest BCUT2D eigenvalue weighted by molar-refractivity contribution is 0.414. The summed E-state index contributed by atoms with van der Waals surface area (Å²) in [4.78, 5) is 8.24. The highest BCUT2D eigenvalue weighted by Gasteiger charge is 2.10. The number of hydrogen-bond donors (Lipinski definition) is 2. The van der Waals surface area contributed by atoms with Crippen LogP contribution in [0.25, 0.3) is 0 Å². The van der Waals surface area contributed by atoms with Crippen LogP contribution in [-0.2, 0) is 6.42 Å². The fraction of sp³-hybridized carbons (Fsp3) is 0.333. The molecule has 0 aromatic carbocycles. The second-order valence-electron chi connectivity index (χ2n) is 3.61. The second kappa shape index (κ2) is 5.90. The highest BCUT2D eigenvalue weighted by molar-refractivity contribution is 5.63. The molecule has 2 heterocycles. The van der Waals surface area contributed by atoms with Gasteiger partial charge in [-0.3, -0.25) is 0 Å². The van der Waals surface area contributed by atoms with E-state index in [1.165, 1.54) is 6.33 Å². The van der Waals surface area contributed by atoms with Crippen LogP contribution >= 0.6 is 0 Å². The number of ether oxygens (including phenoxy) is 1. The molecule has 0 amide bonds. The third kappa shape index (κ3) is 2.71. The van der Waals surface area contributed by atoms with Crippen LogP contribution in [-0.4, -0.2) is 30.7 Å². The maximum absolute atomic E-state index is 5.28. The topological polar surface area (TPSA) is 72.2 Å². The number of methoxy groups -OCH3 is 1. The fourth-order valence-corrected chi connectivity index (χ4v) is 1.63. The Morgan fingerprint density at radius 1 is 1.33 bits per heavy atom. The lowest BCUT2D eigenvalue weighted by Gasteiger charge is -2.12. The van der Waals surface area contributed by atoms with E-state index in [1.807, 2.05) is 12.1 Å². The van der Waals surface area contributed by atoms with E-state index in [1.54, 1.807) is 20.4 Å². The van der Waals surface area contributed by atoms with E-state index in [0.29, 0.717) is 23.9 Å². The van der Waals surface area contributed by atoms with Crippen LogP contribution in [0.1, 0.15) is 5.76 Å². The number of nitrogens with zero attached hydrogens (tertiary/aromatic N) is 2. The molecule has 18 heavy (non-hydrogen) atoms. The Kier molecular flexibility index (Phi) is 4.01. The molecular weight excluding hydrogens is 232 g/mol. The Morgan fingerprint density at radius 2 is 2.17 bits per heavy atom. The zero-order chi connectivity index (χ0) is 12.8. The summed E-state index contributed by atoms with van der Waals surface area (Å²) < 4.78 is 10.5. The zero-order valence-corrected chi connectivity index (χ0v) is 10.4. The van der Waals surface area contributed by atoms with E-state index in [2.05, 4.69) is 20.6 Å². The van der Waals surface area contributed by atoms with Crippen LogP contribution < -0.4 is 15.4 Å². The van der Waals surface area contributed by atoms with Crippen molar-refractivity contribution in [3.8, 4) is 5.75 Å². The first-order valence-corrected chi connectivity index (χ1v) is 5.68. The summed E-state index contributed by atoms with van der Waals surface area (Å²) in [5.41, 5.74) is 0. The molecule has 0 saturated carbocycles. The van der Waals surface area contributed by atoms with E-state index in [-0.39, 0.29) is 0 Å². The average molecular weight is 248 g/mol. The van der Waals surface area contributed by atoms with Crippen LogP contribution in [0.2, 0.25) is 0 Å². The van der Waals surface area contributed by atoms with Crippen LogP contribution in [0, 0.1) is 0 Å². The fourth-order valence-electron chi connectivity index (χ4n) is 1.63. The maximum atomic E-state index is 5.28. The molecule has 96 valence electrons. The molecule has 0 spiro atoms. The van der Waals surface area contributed by atoms with Gasteiger partial charge in [0.2, 0.25) is 5.75 Å². The van der Waals surface area contributed by atoms with Gasteiger partial charge in [-0.2, -0.15) is 0 Å².